The summed E-state index contributed by atoms with van der Waals surface area (Å²) in [5.41, 5.74) is 0.259. The number of nitrogens with one attached hydrogen (secondary N) is 2. The van der Waals surface area contributed by atoms with Crippen LogP contribution in [0.1, 0.15) is 44.5 Å². The van der Waals surface area contributed by atoms with Crippen LogP contribution in [0, 0.1) is 11.8 Å². The van der Waals surface area contributed by atoms with E-state index < -0.39 is 5.91 Å². The number of halogens is 2. The maximum atomic E-state index is 12.1. The van der Waals surface area contributed by atoms with Crippen molar-refractivity contribution in [3.05, 3.63) is 33.8 Å². The molecular formula is C17H24Cl2N2O2. The van der Waals surface area contributed by atoms with Crippen LogP contribution >= 0.6 is 23.2 Å². The highest BCUT2D eigenvalue weighted by molar-refractivity contribution is 6.35. The van der Waals surface area contributed by atoms with Crippen molar-refractivity contribution in [1.29, 1.82) is 0 Å². The molecule has 0 aliphatic rings. The Balaban J connectivity index is 2.58. The van der Waals surface area contributed by atoms with Crippen LogP contribution < -0.4 is 10.6 Å². The zero-order valence-corrected chi connectivity index (χ0v) is 15.5. The first kappa shape index (κ1) is 19.8. The predicted octanol–water partition coefficient (Wildman–Crippen LogP) is 3.91. The lowest BCUT2D eigenvalue weighted by atomic mass is 9.94. The number of amides is 2. The lowest BCUT2D eigenvalue weighted by Gasteiger charge is -2.24. The van der Waals surface area contributed by atoms with Gasteiger partial charge in [0.25, 0.3) is 5.91 Å². The van der Waals surface area contributed by atoms with Gasteiger partial charge in [-0.3, -0.25) is 9.59 Å². The van der Waals surface area contributed by atoms with Crippen molar-refractivity contribution in [1.82, 2.24) is 10.6 Å². The number of rotatable bonds is 7. The van der Waals surface area contributed by atoms with Crippen molar-refractivity contribution in [2.75, 3.05) is 6.54 Å². The van der Waals surface area contributed by atoms with Crippen molar-refractivity contribution in [2.24, 2.45) is 11.8 Å². The van der Waals surface area contributed by atoms with E-state index in [0.717, 1.165) is 6.42 Å². The van der Waals surface area contributed by atoms with Gasteiger partial charge >= 0.3 is 0 Å². The van der Waals surface area contributed by atoms with E-state index in [4.69, 9.17) is 23.2 Å². The van der Waals surface area contributed by atoms with Crippen molar-refractivity contribution >= 4 is 35.0 Å². The first-order valence-corrected chi connectivity index (χ1v) is 8.49. The van der Waals surface area contributed by atoms with Crippen LogP contribution in [0.4, 0.5) is 0 Å². The van der Waals surface area contributed by atoms with Gasteiger partial charge in [0.05, 0.1) is 17.1 Å². The zero-order chi connectivity index (χ0) is 17.6. The van der Waals surface area contributed by atoms with Crippen LogP contribution in [0.3, 0.4) is 0 Å². The van der Waals surface area contributed by atoms with Crippen LogP contribution in [0.5, 0.6) is 0 Å². The van der Waals surface area contributed by atoms with Crippen LogP contribution in [-0.4, -0.2) is 24.4 Å². The van der Waals surface area contributed by atoms with E-state index in [-0.39, 0.29) is 24.1 Å². The smallest absolute Gasteiger partial charge is 0.253 e. The molecule has 0 spiro atoms. The average molecular weight is 359 g/mol. The standard InChI is InChI=1S/C17H24Cl2N2O2/c1-10(2)7-15(11(3)4)21-16(22)9-20-17(23)13-8-12(18)5-6-14(13)19/h5-6,8,10-11,15H,7,9H2,1-4H3,(H,20,23)(H,21,22). The Morgan fingerprint density at radius 3 is 2.35 bits per heavy atom. The zero-order valence-electron chi connectivity index (χ0n) is 14.0. The van der Waals surface area contributed by atoms with Crippen LogP contribution in [0.15, 0.2) is 18.2 Å². The monoisotopic (exact) mass is 358 g/mol. The highest BCUT2D eigenvalue weighted by atomic mass is 35.5. The Morgan fingerprint density at radius 2 is 1.78 bits per heavy atom. The molecule has 1 aromatic carbocycles. The van der Waals surface area contributed by atoms with Crippen molar-refractivity contribution in [3.63, 3.8) is 0 Å². The Morgan fingerprint density at radius 1 is 1.13 bits per heavy atom. The van der Waals surface area contributed by atoms with Crippen molar-refractivity contribution in [2.45, 2.75) is 40.2 Å². The maximum Gasteiger partial charge on any atom is 0.253 e. The fourth-order valence-electron chi connectivity index (χ4n) is 2.19. The number of hydrogen-bond donors (Lipinski definition) is 2. The number of hydrogen-bond acceptors (Lipinski definition) is 2. The van der Waals surface area contributed by atoms with E-state index in [1.165, 1.54) is 6.07 Å². The fraction of sp³-hybridized carbons (Fsp3) is 0.529. The third kappa shape index (κ3) is 6.80. The largest absolute Gasteiger partial charge is 0.352 e. The second kappa shape index (κ2) is 9.14. The highest BCUT2D eigenvalue weighted by Gasteiger charge is 2.18. The molecule has 0 heterocycles. The summed E-state index contributed by atoms with van der Waals surface area (Å²) in [6.07, 6.45) is 0.900. The molecule has 0 aliphatic heterocycles. The van der Waals surface area contributed by atoms with E-state index in [2.05, 4.69) is 38.3 Å². The van der Waals surface area contributed by atoms with Crippen molar-refractivity contribution in [3.8, 4) is 0 Å². The van der Waals surface area contributed by atoms with E-state index in [1.54, 1.807) is 12.1 Å². The van der Waals surface area contributed by atoms with Gasteiger partial charge in [-0.15, -0.1) is 0 Å². The summed E-state index contributed by atoms with van der Waals surface area (Å²) in [6, 6.07) is 4.73. The van der Waals surface area contributed by atoms with E-state index in [0.29, 0.717) is 21.9 Å². The van der Waals surface area contributed by atoms with Crippen LogP contribution in [-0.2, 0) is 4.79 Å². The van der Waals surface area contributed by atoms with E-state index >= 15 is 0 Å². The van der Waals surface area contributed by atoms with Gasteiger partial charge < -0.3 is 10.6 Å². The molecule has 1 aromatic rings. The molecule has 128 valence electrons. The summed E-state index contributed by atoms with van der Waals surface area (Å²) in [7, 11) is 0. The third-order valence-electron chi connectivity index (χ3n) is 3.46. The van der Waals surface area contributed by atoms with Gasteiger partial charge in [0.1, 0.15) is 0 Å². The van der Waals surface area contributed by atoms with Crippen molar-refractivity contribution < 1.29 is 9.59 Å². The van der Waals surface area contributed by atoms with Gasteiger partial charge in [-0.05, 0) is 36.5 Å². The summed E-state index contributed by atoms with van der Waals surface area (Å²) >= 11 is 11.8. The summed E-state index contributed by atoms with van der Waals surface area (Å²) in [5, 5.41) is 6.25. The Hall–Kier alpha value is -1.26. The van der Waals surface area contributed by atoms with Crippen LogP contribution in [0.2, 0.25) is 10.0 Å². The predicted molar refractivity (Wildman–Crippen MR) is 95.0 cm³/mol. The highest BCUT2D eigenvalue weighted by Crippen LogP contribution is 2.20. The van der Waals surface area contributed by atoms with Gasteiger partial charge in [-0.1, -0.05) is 50.9 Å². The molecule has 23 heavy (non-hydrogen) atoms. The molecule has 2 amide bonds. The second-order valence-corrected chi connectivity index (χ2v) is 7.20. The molecule has 0 aromatic heterocycles. The average Bonchev–Trinajstić information content (AvgIpc) is 2.46. The Bertz CT molecular complexity index is 560. The second-order valence-electron chi connectivity index (χ2n) is 6.35. The minimum Gasteiger partial charge on any atom is -0.352 e. The minimum atomic E-state index is -0.419. The van der Waals surface area contributed by atoms with Gasteiger partial charge in [-0.2, -0.15) is 0 Å². The molecule has 0 saturated carbocycles. The molecule has 1 unspecified atom stereocenters. The molecule has 1 rings (SSSR count). The quantitative estimate of drug-likeness (QED) is 0.776. The molecule has 0 aliphatic carbocycles. The third-order valence-corrected chi connectivity index (χ3v) is 4.02. The molecule has 6 heteroatoms. The van der Waals surface area contributed by atoms with E-state index in [9.17, 15) is 9.59 Å². The summed E-state index contributed by atoms with van der Waals surface area (Å²) in [6.45, 7) is 8.27. The van der Waals surface area contributed by atoms with Gasteiger partial charge in [-0.25, -0.2) is 0 Å². The summed E-state index contributed by atoms with van der Waals surface area (Å²) in [5.74, 6) is 0.190. The molecule has 2 N–H and O–H groups in total. The van der Waals surface area contributed by atoms with Gasteiger partial charge in [0.2, 0.25) is 5.91 Å². The molecule has 0 bridgehead atoms. The van der Waals surface area contributed by atoms with Gasteiger partial charge in [0, 0.05) is 11.1 Å². The normalized spacial score (nSPS) is 12.3. The molecule has 4 nitrogen and oxygen atoms in total. The molecule has 0 saturated heterocycles. The minimum absolute atomic E-state index is 0.0918. The van der Waals surface area contributed by atoms with Gasteiger partial charge in [0.15, 0.2) is 0 Å². The fourth-order valence-corrected chi connectivity index (χ4v) is 2.57. The Labute approximate surface area is 147 Å². The van der Waals surface area contributed by atoms with Crippen LogP contribution in [0.25, 0.3) is 0 Å². The maximum absolute atomic E-state index is 12.1. The lowest BCUT2D eigenvalue weighted by molar-refractivity contribution is -0.121. The molecule has 0 radical (unpaired) electrons. The number of carbonyl (C=O) groups is 2. The lowest BCUT2D eigenvalue weighted by Crippen LogP contribution is -2.44. The number of carbonyl (C=O) groups excluding carboxylic acids is 2. The first-order chi connectivity index (χ1) is 10.7. The SMILES string of the molecule is CC(C)CC(NC(=O)CNC(=O)c1cc(Cl)ccc1Cl)C(C)C. The molecule has 1 atom stereocenters. The first-order valence-electron chi connectivity index (χ1n) is 7.73. The van der Waals surface area contributed by atoms with E-state index in [1.807, 2.05) is 0 Å². The summed E-state index contributed by atoms with van der Waals surface area (Å²) < 4.78 is 0. The number of benzene rings is 1. The topological polar surface area (TPSA) is 58.2 Å². The molecular weight excluding hydrogens is 335 g/mol. The summed E-state index contributed by atoms with van der Waals surface area (Å²) in [4.78, 5) is 24.1. The molecule has 0 fully saturated rings. The Kier molecular flexibility index (Phi) is 7.86.